The van der Waals surface area contributed by atoms with E-state index in [1.165, 1.54) is 19.3 Å². The van der Waals surface area contributed by atoms with Crippen molar-refractivity contribution in [3.8, 4) is 0 Å². The average molecular weight is 223 g/mol. The summed E-state index contributed by atoms with van der Waals surface area (Å²) in [5.74, 6) is 0.664. The molecule has 0 aromatic carbocycles. The molecule has 1 unspecified atom stereocenters. The minimum absolute atomic E-state index is 0.306. The maximum atomic E-state index is 10.8. The molecule has 1 saturated carbocycles. The zero-order valence-electron chi connectivity index (χ0n) is 9.72. The van der Waals surface area contributed by atoms with Gasteiger partial charge < -0.3 is 4.74 Å². The van der Waals surface area contributed by atoms with Gasteiger partial charge in [-0.05, 0) is 25.7 Å². The molecule has 1 atom stereocenters. The maximum absolute atomic E-state index is 10.8. The second-order valence-corrected chi connectivity index (χ2v) is 4.35. The van der Waals surface area contributed by atoms with Crippen LogP contribution >= 0.6 is 0 Å². The van der Waals surface area contributed by atoms with Gasteiger partial charge in [0, 0.05) is 7.11 Å². The molecule has 5 heteroatoms. The van der Waals surface area contributed by atoms with Crippen LogP contribution in [0.4, 0.5) is 0 Å². The molecule has 0 N–H and O–H groups in total. The summed E-state index contributed by atoms with van der Waals surface area (Å²) in [6.07, 6.45) is 4.52. The van der Waals surface area contributed by atoms with Gasteiger partial charge in [0.2, 0.25) is 0 Å². The molecule has 88 valence electrons. The normalized spacial score (nSPS) is 18.1. The van der Waals surface area contributed by atoms with Crippen LogP contribution in [-0.4, -0.2) is 28.4 Å². The van der Waals surface area contributed by atoms with Gasteiger partial charge in [0.05, 0.1) is 18.3 Å². The van der Waals surface area contributed by atoms with Crippen LogP contribution in [-0.2, 0) is 11.3 Å². The van der Waals surface area contributed by atoms with Gasteiger partial charge in [-0.1, -0.05) is 11.6 Å². The van der Waals surface area contributed by atoms with Crippen LogP contribution in [0.1, 0.15) is 48.4 Å². The summed E-state index contributed by atoms with van der Waals surface area (Å²) in [4.78, 5) is 10.8. The fourth-order valence-corrected chi connectivity index (χ4v) is 2.14. The summed E-state index contributed by atoms with van der Waals surface area (Å²) in [5.41, 5.74) is 1.19. The molecule has 0 radical (unpaired) electrons. The van der Waals surface area contributed by atoms with Crippen molar-refractivity contribution in [1.82, 2.24) is 15.0 Å². The fourth-order valence-electron chi connectivity index (χ4n) is 2.14. The molecule has 1 aromatic heterocycles. The molecule has 16 heavy (non-hydrogen) atoms. The number of methoxy groups -OCH3 is 1. The average Bonchev–Trinajstić information content (AvgIpc) is 2.59. The third-order valence-electron chi connectivity index (χ3n) is 3.43. The molecule has 0 spiro atoms. The molecule has 5 nitrogen and oxygen atoms in total. The van der Waals surface area contributed by atoms with E-state index in [4.69, 9.17) is 4.74 Å². The number of rotatable bonds is 5. The van der Waals surface area contributed by atoms with E-state index in [0.29, 0.717) is 24.3 Å². The topological polar surface area (TPSA) is 57.0 Å². The fraction of sp³-hybridized carbons (Fsp3) is 0.727. The van der Waals surface area contributed by atoms with E-state index in [1.807, 2.05) is 4.68 Å². The zero-order chi connectivity index (χ0) is 11.5. The zero-order valence-corrected chi connectivity index (χ0v) is 9.72. The number of aldehydes is 1. The highest BCUT2D eigenvalue weighted by atomic mass is 16.5. The summed E-state index contributed by atoms with van der Waals surface area (Å²) < 4.78 is 6.94. The van der Waals surface area contributed by atoms with Crippen LogP contribution in [0.3, 0.4) is 0 Å². The maximum Gasteiger partial charge on any atom is 0.172 e. The lowest BCUT2D eigenvalue weighted by atomic mass is 9.80. The number of ether oxygens (including phenoxy) is 1. The number of carbonyl (C=O) groups excluding carboxylic acids is 1. The van der Waals surface area contributed by atoms with Crippen molar-refractivity contribution in [1.29, 1.82) is 0 Å². The van der Waals surface area contributed by atoms with E-state index in [1.54, 1.807) is 7.11 Å². The van der Waals surface area contributed by atoms with Gasteiger partial charge in [-0.2, -0.15) is 0 Å². The van der Waals surface area contributed by atoms with Gasteiger partial charge in [-0.3, -0.25) is 4.79 Å². The first-order valence-electron chi connectivity index (χ1n) is 5.66. The highest BCUT2D eigenvalue weighted by Gasteiger charge is 2.28. The van der Waals surface area contributed by atoms with Crippen molar-refractivity contribution in [2.45, 2.75) is 38.8 Å². The molecule has 0 bridgehead atoms. The van der Waals surface area contributed by atoms with Crippen LogP contribution in [0.2, 0.25) is 0 Å². The van der Waals surface area contributed by atoms with Crippen LogP contribution in [0.15, 0.2) is 0 Å². The number of carbonyl (C=O) groups is 1. The molecule has 0 amide bonds. The van der Waals surface area contributed by atoms with Gasteiger partial charge >= 0.3 is 0 Å². The van der Waals surface area contributed by atoms with Gasteiger partial charge in [-0.25, -0.2) is 4.68 Å². The minimum atomic E-state index is 0.306. The number of aromatic nitrogens is 3. The van der Waals surface area contributed by atoms with Crippen molar-refractivity contribution in [3.05, 3.63) is 11.4 Å². The molecule has 0 aliphatic heterocycles. The summed E-state index contributed by atoms with van der Waals surface area (Å²) in [7, 11) is 1.61. The summed E-state index contributed by atoms with van der Waals surface area (Å²) in [6, 6.07) is 0.306. The third kappa shape index (κ3) is 1.87. The molecular weight excluding hydrogens is 206 g/mol. The molecule has 1 aromatic rings. The standard InChI is InChI=1S/C11H17N3O2/c1-8(9-4-3-5-9)14-11(7-16-2)10(6-15)12-13-14/h6,8-9H,3-5,7H2,1-2H3. The lowest BCUT2D eigenvalue weighted by molar-refractivity contribution is 0.111. The van der Waals surface area contributed by atoms with Crippen molar-refractivity contribution in [2.24, 2.45) is 5.92 Å². The minimum Gasteiger partial charge on any atom is -0.378 e. The summed E-state index contributed by atoms with van der Waals surface area (Å²) in [5, 5.41) is 7.94. The molecular formula is C11H17N3O2. The highest BCUT2D eigenvalue weighted by molar-refractivity contribution is 5.73. The molecule has 1 heterocycles. The first-order valence-corrected chi connectivity index (χ1v) is 5.66. The van der Waals surface area contributed by atoms with Crippen LogP contribution in [0.5, 0.6) is 0 Å². The number of nitrogens with zero attached hydrogens (tertiary/aromatic N) is 3. The predicted octanol–water partition coefficient (Wildman–Crippen LogP) is 1.60. The highest BCUT2D eigenvalue weighted by Crippen LogP contribution is 2.36. The van der Waals surface area contributed by atoms with Gasteiger partial charge in [0.1, 0.15) is 0 Å². The van der Waals surface area contributed by atoms with E-state index in [-0.39, 0.29) is 0 Å². The van der Waals surface area contributed by atoms with Gasteiger partial charge in [0.15, 0.2) is 12.0 Å². The quantitative estimate of drug-likeness (QED) is 0.711. The van der Waals surface area contributed by atoms with E-state index in [2.05, 4.69) is 17.2 Å². The Hall–Kier alpha value is -1.23. The molecule has 1 fully saturated rings. The monoisotopic (exact) mass is 223 g/mol. The Bertz CT molecular complexity index is 371. The van der Waals surface area contributed by atoms with E-state index in [9.17, 15) is 4.79 Å². The van der Waals surface area contributed by atoms with Crippen LogP contribution in [0, 0.1) is 5.92 Å². The van der Waals surface area contributed by atoms with Crippen molar-refractivity contribution >= 4 is 6.29 Å². The molecule has 2 rings (SSSR count). The Balaban J connectivity index is 2.24. The first kappa shape index (κ1) is 11.3. The second-order valence-electron chi connectivity index (χ2n) is 4.35. The summed E-state index contributed by atoms with van der Waals surface area (Å²) in [6.45, 7) is 2.52. The smallest absolute Gasteiger partial charge is 0.172 e. The van der Waals surface area contributed by atoms with Crippen LogP contribution < -0.4 is 0 Å². The number of hydrogen-bond donors (Lipinski definition) is 0. The second kappa shape index (κ2) is 4.74. The lowest BCUT2D eigenvalue weighted by Crippen LogP contribution is -2.25. The summed E-state index contributed by atoms with van der Waals surface area (Å²) >= 11 is 0. The van der Waals surface area contributed by atoms with Crippen LogP contribution in [0.25, 0.3) is 0 Å². The first-order chi connectivity index (χ1) is 7.77. The molecule has 1 aliphatic carbocycles. The van der Waals surface area contributed by atoms with E-state index >= 15 is 0 Å². The third-order valence-corrected chi connectivity index (χ3v) is 3.43. The Morgan fingerprint density at radius 1 is 1.62 bits per heavy atom. The van der Waals surface area contributed by atoms with E-state index < -0.39 is 0 Å². The Morgan fingerprint density at radius 3 is 2.88 bits per heavy atom. The molecule has 1 aliphatic rings. The van der Waals surface area contributed by atoms with Crippen molar-refractivity contribution in [3.63, 3.8) is 0 Å². The lowest BCUT2D eigenvalue weighted by Gasteiger charge is -2.31. The Labute approximate surface area is 94.8 Å². The van der Waals surface area contributed by atoms with Crippen molar-refractivity contribution < 1.29 is 9.53 Å². The Kier molecular flexibility index (Phi) is 3.33. The predicted molar refractivity (Wildman–Crippen MR) is 58.2 cm³/mol. The Morgan fingerprint density at radius 2 is 2.38 bits per heavy atom. The van der Waals surface area contributed by atoms with Gasteiger partial charge in [0.25, 0.3) is 0 Å². The van der Waals surface area contributed by atoms with Crippen molar-refractivity contribution in [2.75, 3.05) is 7.11 Å². The molecule has 0 saturated heterocycles. The SMILES string of the molecule is COCc1c(C=O)nnn1C(C)C1CCC1. The largest absolute Gasteiger partial charge is 0.378 e. The van der Waals surface area contributed by atoms with E-state index in [0.717, 1.165) is 12.0 Å². The van der Waals surface area contributed by atoms with Gasteiger partial charge in [-0.15, -0.1) is 5.10 Å². The number of hydrogen-bond acceptors (Lipinski definition) is 4.